The summed E-state index contributed by atoms with van der Waals surface area (Å²) < 4.78 is 1.08. The third kappa shape index (κ3) is 2.99. The lowest BCUT2D eigenvalue weighted by molar-refractivity contribution is 0.337. The minimum atomic E-state index is 0.524. The summed E-state index contributed by atoms with van der Waals surface area (Å²) in [5, 5.41) is 0. The van der Waals surface area contributed by atoms with E-state index in [1.165, 1.54) is 13.0 Å². The number of nitrogens with zero attached hydrogens (tertiary/aromatic N) is 3. The molecule has 1 saturated heterocycles. The molecular weight excluding hydrogens is 278 g/mol. The minimum absolute atomic E-state index is 0.524. The van der Waals surface area contributed by atoms with Crippen molar-refractivity contribution in [3.8, 4) is 0 Å². The van der Waals surface area contributed by atoms with Crippen molar-refractivity contribution in [3.05, 3.63) is 22.3 Å². The Bertz CT molecular complexity index is 394. The van der Waals surface area contributed by atoms with E-state index in [1.807, 2.05) is 6.92 Å². The third-order valence-electron chi connectivity index (χ3n) is 3.35. The van der Waals surface area contributed by atoms with Gasteiger partial charge < -0.3 is 9.80 Å². The highest BCUT2D eigenvalue weighted by Gasteiger charge is 2.20. The van der Waals surface area contributed by atoms with E-state index in [1.54, 1.807) is 0 Å². The molecular formula is C13H20BrN3. The first-order valence-electron chi connectivity index (χ1n) is 6.16. The number of hydrogen-bond acceptors (Lipinski definition) is 3. The minimum Gasteiger partial charge on any atom is -0.353 e. The van der Waals surface area contributed by atoms with Gasteiger partial charge in [-0.3, -0.25) is 0 Å². The van der Waals surface area contributed by atoms with Crippen LogP contribution in [0.4, 0.5) is 5.82 Å². The Balaban J connectivity index is 2.22. The summed E-state index contributed by atoms with van der Waals surface area (Å²) in [5.41, 5.74) is 1.06. The smallest absolute Gasteiger partial charge is 0.129 e. The fourth-order valence-corrected chi connectivity index (χ4v) is 2.62. The van der Waals surface area contributed by atoms with Crippen LogP contribution in [0.1, 0.15) is 19.0 Å². The van der Waals surface area contributed by atoms with Crippen LogP contribution in [-0.4, -0.2) is 42.6 Å². The van der Waals surface area contributed by atoms with Crippen LogP contribution >= 0.6 is 15.9 Å². The lowest BCUT2D eigenvalue weighted by Gasteiger charge is -2.29. The number of aryl methyl sites for hydroxylation is 1. The number of likely N-dealkylation sites (N-methyl/N-ethyl adjacent to an activating group) is 1. The van der Waals surface area contributed by atoms with Gasteiger partial charge in [0.25, 0.3) is 0 Å². The molecule has 2 heterocycles. The topological polar surface area (TPSA) is 19.4 Å². The van der Waals surface area contributed by atoms with Gasteiger partial charge in [0, 0.05) is 23.6 Å². The number of rotatable bonds is 1. The summed E-state index contributed by atoms with van der Waals surface area (Å²) >= 11 is 3.50. The van der Waals surface area contributed by atoms with Crippen LogP contribution in [0.15, 0.2) is 16.6 Å². The Kier molecular flexibility index (Phi) is 4.05. The Morgan fingerprint density at radius 1 is 1.35 bits per heavy atom. The van der Waals surface area contributed by atoms with E-state index in [-0.39, 0.29) is 0 Å². The molecule has 4 heteroatoms. The zero-order valence-corrected chi connectivity index (χ0v) is 12.4. The van der Waals surface area contributed by atoms with Crippen molar-refractivity contribution in [2.24, 2.45) is 0 Å². The van der Waals surface area contributed by atoms with Gasteiger partial charge in [-0.05, 0) is 61.9 Å². The van der Waals surface area contributed by atoms with Crippen molar-refractivity contribution in [2.75, 3.05) is 31.6 Å². The molecule has 1 aromatic rings. The zero-order valence-electron chi connectivity index (χ0n) is 10.8. The van der Waals surface area contributed by atoms with Crippen LogP contribution in [0, 0.1) is 6.92 Å². The molecule has 17 heavy (non-hydrogen) atoms. The SMILES string of the molecule is Cc1nc(N2CCCN(C)CC2C)ccc1Br. The molecule has 0 radical (unpaired) electrons. The van der Waals surface area contributed by atoms with Crippen LogP contribution in [-0.2, 0) is 0 Å². The molecule has 3 nitrogen and oxygen atoms in total. The largest absolute Gasteiger partial charge is 0.353 e. The molecule has 1 aromatic heterocycles. The van der Waals surface area contributed by atoms with E-state index < -0.39 is 0 Å². The number of halogens is 1. The van der Waals surface area contributed by atoms with Crippen molar-refractivity contribution >= 4 is 21.7 Å². The van der Waals surface area contributed by atoms with Gasteiger partial charge in [0.1, 0.15) is 5.82 Å². The van der Waals surface area contributed by atoms with Crippen molar-refractivity contribution in [3.63, 3.8) is 0 Å². The van der Waals surface area contributed by atoms with Gasteiger partial charge in [-0.1, -0.05) is 0 Å². The molecule has 0 aliphatic carbocycles. The number of anilines is 1. The zero-order chi connectivity index (χ0) is 12.4. The first kappa shape index (κ1) is 12.8. The maximum atomic E-state index is 4.67. The third-order valence-corrected chi connectivity index (χ3v) is 4.19. The lowest BCUT2D eigenvalue weighted by Crippen LogP contribution is -2.38. The highest BCUT2D eigenvalue weighted by Crippen LogP contribution is 2.22. The van der Waals surface area contributed by atoms with Crippen LogP contribution in [0.2, 0.25) is 0 Å². The van der Waals surface area contributed by atoms with E-state index in [2.05, 4.69) is 56.8 Å². The maximum absolute atomic E-state index is 4.67. The Labute approximate surface area is 112 Å². The maximum Gasteiger partial charge on any atom is 0.129 e. The molecule has 1 atom stereocenters. The molecule has 1 fully saturated rings. The van der Waals surface area contributed by atoms with Crippen LogP contribution < -0.4 is 4.90 Å². The number of aromatic nitrogens is 1. The van der Waals surface area contributed by atoms with Crippen LogP contribution in [0.3, 0.4) is 0 Å². The van der Waals surface area contributed by atoms with Crippen molar-refractivity contribution in [2.45, 2.75) is 26.3 Å². The predicted molar refractivity (Wildman–Crippen MR) is 75.6 cm³/mol. The van der Waals surface area contributed by atoms with Gasteiger partial charge in [0.2, 0.25) is 0 Å². The summed E-state index contributed by atoms with van der Waals surface area (Å²) in [6.45, 7) is 7.70. The van der Waals surface area contributed by atoms with Gasteiger partial charge in [-0.2, -0.15) is 0 Å². The van der Waals surface area contributed by atoms with Gasteiger partial charge in [-0.25, -0.2) is 4.98 Å². The van der Waals surface area contributed by atoms with E-state index >= 15 is 0 Å². The van der Waals surface area contributed by atoms with Crippen LogP contribution in [0.5, 0.6) is 0 Å². The van der Waals surface area contributed by atoms with E-state index in [4.69, 9.17) is 0 Å². The molecule has 1 unspecified atom stereocenters. The molecule has 94 valence electrons. The normalized spacial score (nSPS) is 22.6. The molecule has 0 bridgehead atoms. The fraction of sp³-hybridized carbons (Fsp3) is 0.615. The first-order chi connectivity index (χ1) is 8.08. The summed E-state index contributed by atoms with van der Waals surface area (Å²) in [5.74, 6) is 1.11. The summed E-state index contributed by atoms with van der Waals surface area (Å²) in [7, 11) is 2.19. The molecule has 1 aliphatic heterocycles. The molecule has 0 amide bonds. The van der Waals surface area contributed by atoms with Gasteiger partial charge in [0.15, 0.2) is 0 Å². The monoisotopic (exact) mass is 297 g/mol. The van der Waals surface area contributed by atoms with Crippen molar-refractivity contribution in [1.29, 1.82) is 0 Å². The standard InChI is InChI=1S/C13H20BrN3/c1-10-9-16(3)7-4-8-17(10)13-6-5-12(14)11(2)15-13/h5-6,10H,4,7-9H2,1-3H3. The molecule has 0 N–H and O–H groups in total. The second kappa shape index (κ2) is 5.36. The average Bonchev–Trinajstić information content (AvgIpc) is 2.43. The summed E-state index contributed by atoms with van der Waals surface area (Å²) in [4.78, 5) is 9.49. The molecule has 2 rings (SSSR count). The highest BCUT2D eigenvalue weighted by atomic mass is 79.9. The van der Waals surface area contributed by atoms with Crippen molar-refractivity contribution in [1.82, 2.24) is 9.88 Å². The Morgan fingerprint density at radius 3 is 2.82 bits per heavy atom. The second-order valence-corrected chi connectivity index (χ2v) is 5.75. The second-order valence-electron chi connectivity index (χ2n) is 4.89. The van der Waals surface area contributed by atoms with Gasteiger partial charge >= 0.3 is 0 Å². The quantitative estimate of drug-likeness (QED) is 0.794. The Morgan fingerprint density at radius 2 is 2.12 bits per heavy atom. The van der Waals surface area contributed by atoms with E-state index in [9.17, 15) is 0 Å². The number of hydrogen-bond donors (Lipinski definition) is 0. The van der Waals surface area contributed by atoms with Crippen LogP contribution in [0.25, 0.3) is 0 Å². The van der Waals surface area contributed by atoms with Crippen molar-refractivity contribution < 1.29 is 0 Å². The van der Waals surface area contributed by atoms with E-state index in [0.717, 1.165) is 29.1 Å². The number of pyridine rings is 1. The summed E-state index contributed by atoms with van der Waals surface area (Å²) in [6, 6.07) is 4.73. The predicted octanol–water partition coefficient (Wildman–Crippen LogP) is 2.68. The fourth-order valence-electron chi connectivity index (χ4n) is 2.40. The molecule has 0 aromatic carbocycles. The van der Waals surface area contributed by atoms with Gasteiger partial charge in [0.05, 0.1) is 5.69 Å². The molecule has 0 spiro atoms. The average molecular weight is 298 g/mol. The summed E-state index contributed by atoms with van der Waals surface area (Å²) in [6.07, 6.45) is 1.21. The highest BCUT2D eigenvalue weighted by molar-refractivity contribution is 9.10. The Hall–Kier alpha value is -0.610. The first-order valence-corrected chi connectivity index (χ1v) is 6.95. The van der Waals surface area contributed by atoms with Gasteiger partial charge in [-0.15, -0.1) is 0 Å². The molecule has 1 aliphatic rings. The molecule has 0 saturated carbocycles. The van der Waals surface area contributed by atoms with E-state index in [0.29, 0.717) is 6.04 Å². The lowest BCUT2D eigenvalue weighted by atomic mass is 10.2.